The summed E-state index contributed by atoms with van der Waals surface area (Å²) >= 11 is 0. The fourth-order valence-corrected chi connectivity index (χ4v) is 5.68. The van der Waals surface area contributed by atoms with Crippen molar-refractivity contribution in [2.24, 2.45) is 0 Å². The molecule has 0 aromatic heterocycles. The monoisotopic (exact) mass is 600 g/mol. The van der Waals surface area contributed by atoms with Gasteiger partial charge < -0.3 is 33.9 Å². The van der Waals surface area contributed by atoms with Crippen LogP contribution in [0.15, 0.2) is 78.9 Å². The summed E-state index contributed by atoms with van der Waals surface area (Å²) in [6.07, 6.45) is 2.94. The van der Waals surface area contributed by atoms with Crippen LogP contribution in [0.25, 0.3) is 11.1 Å². The molecule has 3 aromatic carbocycles. The van der Waals surface area contributed by atoms with E-state index in [2.05, 4.69) is 17.4 Å². The van der Waals surface area contributed by atoms with Crippen LogP contribution >= 0.6 is 0 Å². The highest BCUT2D eigenvalue weighted by atomic mass is 16.5. The van der Waals surface area contributed by atoms with Crippen molar-refractivity contribution >= 4 is 18.0 Å². The van der Waals surface area contributed by atoms with Crippen molar-refractivity contribution in [2.45, 2.75) is 31.0 Å². The summed E-state index contributed by atoms with van der Waals surface area (Å²) in [6, 6.07) is 19.2. The standard InChI is InChI=1S/C34H36N2O8/c1-40-23-16-15-22(31(18-23)41-2)19-36-30(33(38)42-3)21-43-17-9-8-14-29(32(36)37)35-34(39)44-20-28-26-12-6-4-10-24(26)25-11-5-7-13-27(25)28/h4-13,15-16,18,28-30H,14,17,19-21H2,1-3H3,(H,35,39)/b9-8-/t29-,30-/m0/s1. The van der Waals surface area contributed by atoms with Gasteiger partial charge in [0.1, 0.15) is 24.1 Å². The number of nitrogens with zero attached hydrogens (tertiary/aromatic N) is 1. The Kier molecular flexibility index (Phi) is 9.81. The van der Waals surface area contributed by atoms with Crippen molar-refractivity contribution in [3.8, 4) is 22.6 Å². The molecule has 2 amide bonds. The van der Waals surface area contributed by atoms with Gasteiger partial charge in [-0.15, -0.1) is 0 Å². The van der Waals surface area contributed by atoms with E-state index in [0.29, 0.717) is 17.1 Å². The van der Waals surface area contributed by atoms with Crippen molar-refractivity contribution < 1.29 is 38.1 Å². The lowest BCUT2D eigenvalue weighted by molar-refractivity contribution is -0.157. The zero-order valence-corrected chi connectivity index (χ0v) is 25.0. The predicted octanol–water partition coefficient (Wildman–Crippen LogP) is 4.46. The molecule has 0 saturated carbocycles. The molecular weight excluding hydrogens is 564 g/mol. The zero-order chi connectivity index (χ0) is 31.1. The Morgan fingerprint density at radius 2 is 1.64 bits per heavy atom. The zero-order valence-electron chi connectivity index (χ0n) is 25.0. The summed E-state index contributed by atoms with van der Waals surface area (Å²) in [5.74, 6) is -0.227. The van der Waals surface area contributed by atoms with Gasteiger partial charge in [-0.05, 0) is 40.8 Å². The summed E-state index contributed by atoms with van der Waals surface area (Å²) in [4.78, 5) is 41.6. The molecule has 1 aliphatic heterocycles. The molecule has 0 fully saturated rings. The molecule has 0 unspecified atom stereocenters. The van der Waals surface area contributed by atoms with Crippen LogP contribution in [0.5, 0.6) is 11.5 Å². The van der Waals surface area contributed by atoms with E-state index in [-0.39, 0.29) is 38.7 Å². The number of hydrogen-bond acceptors (Lipinski definition) is 8. The average Bonchev–Trinajstić information content (AvgIpc) is 3.38. The molecule has 1 heterocycles. The van der Waals surface area contributed by atoms with Crippen molar-refractivity contribution in [3.05, 3.63) is 95.6 Å². The Morgan fingerprint density at radius 3 is 2.30 bits per heavy atom. The van der Waals surface area contributed by atoms with E-state index in [1.54, 1.807) is 37.5 Å². The molecule has 5 rings (SSSR count). The van der Waals surface area contributed by atoms with Gasteiger partial charge in [-0.2, -0.15) is 0 Å². The number of hydrogen-bond donors (Lipinski definition) is 1. The van der Waals surface area contributed by atoms with Gasteiger partial charge in [0, 0.05) is 17.5 Å². The first-order valence-corrected chi connectivity index (χ1v) is 14.4. The highest BCUT2D eigenvalue weighted by Gasteiger charge is 2.37. The van der Waals surface area contributed by atoms with Crippen molar-refractivity contribution in [3.63, 3.8) is 0 Å². The molecule has 0 saturated heterocycles. The quantitative estimate of drug-likeness (QED) is 0.298. The summed E-state index contributed by atoms with van der Waals surface area (Å²) < 4.78 is 27.3. The second kappa shape index (κ2) is 14.1. The molecule has 2 atom stereocenters. The van der Waals surface area contributed by atoms with Crippen molar-refractivity contribution in [1.29, 1.82) is 0 Å². The van der Waals surface area contributed by atoms with Gasteiger partial charge in [-0.3, -0.25) is 4.79 Å². The number of carbonyl (C=O) groups excluding carboxylic acids is 3. The first-order chi connectivity index (χ1) is 21.4. The van der Waals surface area contributed by atoms with Gasteiger partial charge >= 0.3 is 12.1 Å². The van der Waals surface area contributed by atoms with E-state index < -0.39 is 30.1 Å². The van der Waals surface area contributed by atoms with E-state index in [1.807, 2.05) is 36.4 Å². The minimum Gasteiger partial charge on any atom is -0.497 e. The Bertz CT molecular complexity index is 1490. The molecule has 1 N–H and O–H groups in total. The number of fused-ring (bicyclic) bond motifs is 3. The fraction of sp³-hybridized carbons (Fsp3) is 0.324. The van der Waals surface area contributed by atoms with Crippen molar-refractivity contribution in [1.82, 2.24) is 10.2 Å². The van der Waals surface area contributed by atoms with Gasteiger partial charge in [0.05, 0.1) is 41.1 Å². The number of ether oxygens (including phenoxy) is 5. The maximum atomic E-state index is 14.1. The number of alkyl carbamates (subject to hydrolysis) is 1. The Hall–Kier alpha value is -4.83. The molecular formula is C34H36N2O8. The van der Waals surface area contributed by atoms with E-state index in [1.165, 1.54) is 19.1 Å². The van der Waals surface area contributed by atoms with E-state index >= 15 is 0 Å². The third kappa shape index (κ3) is 6.55. The van der Waals surface area contributed by atoms with Gasteiger partial charge in [0.25, 0.3) is 0 Å². The van der Waals surface area contributed by atoms with Crippen LogP contribution in [0.1, 0.15) is 29.0 Å². The fourth-order valence-electron chi connectivity index (χ4n) is 5.68. The second-order valence-corrected chi connectivity index (χ2v) is 10.4. The molecule has 2 aliphatic rings. The van der Waals surface area contributed by atoms with E-state index in [9.17, 15) is 14.4 Å². The Balaban J connectivity index is 1.37. The minimum atomic E-state index is -1.07. The lowest BCUT2D eigenvalue weighted by Gasteiger charge is -2.33. The molecule has 3 aromatic rings. The van der Waals surface area contributed by atoms with E-state index in [4.69, 9.17) is 23.7 Å². The number of rotatable bonds is 8. The van der Waals surface area contributed by atoms with Gasteiger partial charge in [0.15, 0.2) is 6.04 Å². The maximum absolute atomic E-state index is 14.1. The minimum absolute atomic E-state index is 0.0122. The van der Waals surface area contributed by atoms with Gasteiger partial charge in [-0.1, -0.05) is 60.7 Å². The molecule has 10 nitrogen and oxygen atoms in total. The van der Waals surface area contributed by atoms with Crippen LogP contribution < -0.4 is 14.8 Å². The second-order valence-electron chi connectivity index (χ2n) is 10.4. The van der Waals surface area contributed by atoms with Crippen LogP contribution in [0.2, 0.25) is 0 Å². The molecule has 10 heteroatoms. The molecule has 0 bridgehead atoms. The first-order valence-electron chi connectivity index (χ1n) is 14.4. The summed E-state index contributed by atoms with van der Waals surface area (Å²) in [7, 11) is 4.31. The predicted molar refractivity (Wildman–Crippen MR) is 162 cm³/mol. The maximum Gasteiger partial charge on any atom is 0.407 e. The number of amides is 2. The van der Waals surface area contributed by atoms with Crippen LogP contribution in [0.4, 0.5) is 4.79 Å². The summed E-state index contributed by atoms with van der Waals surface area (Å²) in [6.45, 7) is 0.210. The number of benzene rings is 3. The molecule has 1 aliphatic carbocycles. The van der Waals surface area contributed by atoms with E-state index in [0.717, 1.165) is 22.3 Å². The molecule has 0 spiro atoms. The number of methoxy groups -OCH3 is 3. The Morgan fingerprint density at radius 1 is 0.932 bits per heavy atom. The highest BCUT2D eigenvalue weighted by molar-refractivity contribution is 5.90. The summed E-state index contributed by atoms with van der Waals surface area (Å²) in [5.41, 5.74) is 5.03. The first kappa shape index (κ1) is 30.6. The third-order valence-electron chi connectivity index (χ3n) is 7.93. The van der Waals surface area contributed by atoms with Crippen LogP contribution in [-0.4, -0.2) is 76.1 Å². The largest absolute Gasteiger partial charge is 0.497 e. The number of esters is 1. The van der Waals surface area contributed by atoms with Crippen LogP contribution in [0.3, 0.4) is 0 Å². The average molecular weight is 601 g/mol. The third-order valence-corrected chi connectivity index (χ3v) is 7.93. The molecule has 0 radical (unpaired) electrons. The van der Waals surface area contributed by atoms with Gasteiger partial charge in [-0.25, -0.2) is 9.59 Å². The number of carbonyl (C=O) groups is 3. The molecule has 44 heavy (non-hydrogen) atoms. The Labute approximate surface area is 256 Å². The van der Waals surface area contributed by atoms with Crippen LogP contribution in [0, 0.1) is 0 Å². The topological polar surface area (TPSA) is 113 Å². The number of nitrogens with one attached hydrogen (secondary N) is 1. The molecule has 230 valence electrons. The van der Waals surface area contributed by atoms with Crippen molar-refractivity contribution in [2.75, 3.05) is 41.2 Å². The summed E-state index contributed by atoms with van der Waals surface area (Å²) in [5, 5.41) is 2.75. The smallest absolute Gasteiger partial charge is 0.407 e. The van der Waals surface area contributed by atoms with Gasteiger partial charge in [0.2, 0.25) is 5.91 Å². The van der Waals surface area contributed by atoms with Crippen LogP contribution in [-0.2, 0) is 30.3 Å². The SMILES string of the molecule is COC(=O)[C@@H]1COC/C=C\C[C@H](NC(=O)OCC2c3ccccc3-c3ccccc32)C(=O)N1Cc1ccc(OC)cc1OC. The highest BCUT2D eigenvalue weighted by Crippen LogP contribution is 2.44. The lowest BCUT2D eigenvalue weighted by Crippen LogP contribution is -2.55. The normalized spacial score (nSPS) is 18.9. The lowest BCUT2D eigenvalue weighted by atomic mass is 9.98.